The number of aryl methyl sites for hydroxylation is 3. The van der Waals surface area contributed by atoms with E-state index in [2.05, 4.69) is 20.7 Å². The second-order valence-corrected chi connectivity index (χ2v) is 8.62. The average Bonchev–Trinajstić information content (AvgIpc) is 3.15. The Balaban J connectivity index is 1.65. The lowest BCUT2D eigenvalue weighted by Crippen LogP contribution is -2.56. The molecular weight excluding hydrogens is 364 g/mol. The third kappa shape index (κ3) is 4.13. The smallest absolute Gasteiger partial charge is 0.316 e. The number of amides is 3. The summed E-state index contributed by atoms with van der Waals surface area (Å²) < 4.78 is 1.66. The molecule has 27 heavy (non-hydrogen) atoms. The van der Waals surface area contributed by atoms with Crippen LogP contribution in [0.5, 0.6) is 0 Å². The van der Waals surface area contributed by atoms with Crippen molar-refractivity contribution in [1.29, 1.82) is 0 Å². The zero-order valence-corrected chi connectivity index (χ0v) is 17.2. The summed E-state index contributed by atoms with van der Waals surface area (Å²) in [5.41, 5.74) is 0.352. The SMILES string of the molecule is Cc1nc(C(C)(C)NC(=O)NC2CCCN(c3ccn(C)n3)C2=O)sc1C. The number of hydrogen-bond acceptors (Lipinski definition) is 5. The number of nitrogens with one attached hydrogen (secondary N) is 2. The molecule has 3 rings (SSSR count). The number of aromatic nitrogens is 3. The van der Waals surface area contributed by atoms with Gasteiger partial charge >= 0.3 is 6.03 Å². The van der Waals surface area contributed by atoms with E-state index >= 15 is 0 Å². The maximum absolute atomic E-state index is 12.8. The molecule has 0 saturated carbocycles. The maximum atomic E-state index is 12.8. The topological polar surface area (TPSA) is 92.2 Å². The van der Waals surface area contributed by atoms with Crippen LogP contribution < -0.4 is 15.5 Å². The van der Waals surface area contributed by atoms with Crippen molar-refractivity contribution >= 4 is 29.1 Å². The molecule has 146 valence electrons. The first-order valence-corrected chi connectivity index (χ1v) is 9.83. The van der Waals surface area contributed by atoms with Gasteiger partial charge in [0.05, 0.1) is 11.2 Å². The van der Waals surface area contributed by atoms with Crippen LogP contribution in [0, 0.1) is 13.8 Å². The number of piperidine rings is 1. The van der Waals surface area contributed by atoms with Gasteiger partial charge in [-0.3, -0.25) is 14.4 Å². The molecule has 1 aliphatic heterocycles. The van der Waals surface area contributed by atoms with Crippen molar-refractivity contribution in [2.45, 2.75) is 52.1 Å². The standard InChI is InChI=1S/C18H26N6O2S/c1-11-12(2)27-16(19-11)18(3,4)21-17(26)20-13-7-6-9-24(15(13)25)14-8-10-23(5)22-14/h8,10,13H,6-7,9H2,1-5H3,(H2,20,21,26). The van der Waals surface area contributed by atoms with Gasteiger partial charge in [0, 0.05) is 30.7 Å². The monoisotopic (exact) mass is 390 g/mol. The van der Waals surface area contributed by atoms with Crippen LogP contribution in [-0.2, 0) is 17.4 Å². The number of nitrogens with zero attached hydrogens (tertiary/aromatic N) is 4. The molecule has 3 heterocycles. The number of urea groups is 1. The minimum atomic E-state index is -0.619. The molecule has 1 fully saturated rings. The summed E-state index contributed by atoms with van der Waals surface area (Å²) in [6, 6.07) is 0.874. The Kier molecular flexibility index (Phi) is 5.23. The van der Waals surface area contributed by atoms with Crippen LogP contribution in [-0.4, -0.2) is 39.3 Å². The molecule has 9 heteroatoms. The largest absolute Gasteiger partial charge is 0.327 e. The summed E-state index contributed by atoms with van der Waals surface area (Å²) in [5.74, 6) is 0.484. The number of hydrogen-bond donors (Lipinski definition) is 2. The van der Waals surface area contributed by atoms with E-state index < -0.39 is 11.6 Å². The van der Waals surface area contributed by atoms with Crippen LogP contribution in [0.15, 0.2) is 12.3 Å². The first-order chi connectivity index (χ1) is 12.7. The highest BCUT2D eigenvalue weighted by atomic mass is 32.1. The predicted molar refractivity (Wildman–Crippen MR) is 105 cm³/mol. The quantitative estimate of drug-likeness (QED) is 0.837. The minimum absolute atomic E-state index is 0.131. The first-order valence-electron chi connectivity index (χ1n) is 9.01. The van der Waals surface area contributed by atoms with Gasteiger partial charge in [-0.25, -0.2) is 9.78 Å². The van der Waals surface area contributed by atoms with Gasteiger partial charge in [0.25, 0.3) is 5.91 Å². The molecule has 0 radical (unpaired) electrons. The van der Waals surface area contributed by atoms with Crippen LogP contribution in [0.1, 0.15) is 42.3 Å². The molecule has 1 aliphatic rings. The summed E-state index contributed by atoms with van der Waals surface area (Å²) >= 11 is 1.57. The molecule has 0 aromatic carbocycles. The Hall–Kier alpha value is -2.42. The Morgan fingerprint density at radius 3 is 2.70 bits per heavy atom. The zero-order valence-electron chi connectivity index (χ0n) is 16.4. The van der Waals surface area contributed by atoms with Crippen LogP contribution >= 0.6 is 11.3 Å². The van der Waals surface area contributed by atoms with E-state index in [1.54, 1.807) is 33.2 Å². The molecule has 8 nitrogen and oxygen atoms in total. The Labute approximate surface area is 163 Å². The van der Waals surface area contributed by atoms with Crippen LogP contribution in [0.2, 0.25) is 0 Å². The lowest BCUT2D eigenvalue weighted by atomic mass is 10.0. The van der Waals surface area contributed by atoms with Crippen molar-refractivity contribution < 1.29 is 9.59 Å². The van der Waals surface area contributed by atoms with Crippen LogP contribution in [0.3, 0.4) is 0 Å². The first kappa shape index (κ1) is 19.3. The minimum Gasteiger partial charge on any atom is -0.327 e. The van der Waals surface area contributed by atoms with E-state index in [-0.39, 0.29) is 11.9 Å². The third-order valence-corrected chi connectivity index (χ3v) is 6.11. The van der Waals surface area contributed by atoms with Crippen molar-refractivity contribution in [3.05, 3.63) is 27.8 Å². The summed E-state index contributed by atoms with van der Waals surface area (Å²) in [5, 5.41) is 10.9. The Bertz CT molecular complexity index is 836. The van der Waals surface area contributed by atoms with E-state index in [9.17, 15) is 9.59 Å². The fourth-order valence-electron chi connectivity index (χ4n) is 3.06. The fourth-order valence-corrected chi connectivity index (χ4v) is 4.03. The lowest BCUT2D eigenvalue weighted by Gasteiger charge is -2.32. The second-order valence-electron chi connectivity index (χ2n) is 7.42. The van der Waals surface area contributed by atoms with Crippen molar-refractivity contribution in [2.75, 3.05) is 11.4 Å². The Morgan fingerprint density at radius 2 is 2.11 bits per heavy atom. The summed E-state index contributed by atoms with van der Waals surface area (Å²) in [4.78, 5) is 32.6. The van der Waals surface area contributed by atoms with Gasteiger partial charge in [0.15, 0.2) is 5.82 Å². The highest BCUT2D eigenvalue weighted by Crippen LogP contribution is 2.27. The predicted octanol–water partition coefficient (Wildman–Crippen LogP) is 2.22. The van der Waals surface area contributed by atoms with Gasteiger partial charge in [-0.1, -0.05) is 0 Å². The fraction of sp³-hybridized carbons (Fsp3) is 0.556. The second kappa shape index (κ2) is 7.30. The lowest BCUT2D eigenvalue weighted by molar-refractivity contribution is -0.121. The molecule has 3 amide bonds. The summed E-state index contributed by atoms with van der Waals surface area (Å²) in [7, 11) is 1.81. The van der Waals surface area contributed by atoms with Crippen molar-refractivity contribution in [1.82, 2.24) is 25.4 Å². The molecule has 0 aliphatic carbocycles. The average molecular weight is 391 g/mol. The highest BCUT2D eigenvalue weighted by molar-refractivity contribution is 7.11. The molecule has 2 N–H and O–H groups in total. The number of carbonyl (C=O) groups is 2. The molecule has 1 saturated heterocycles. The number of carbonyl (C=O) groups excluding carboxylic acids is 2. The summed E-state index contributed by atoms with van der Waals surface area (Å²) in [6.45, 7) is 8.40. The molecule has 0 bridgehead atoms. The van der Waals surface area contributed by atoms with E-state index in [0.29, 0.717) is 18.8 Å². The zero-order chi connectivity index (χ0) is 19.8. The van der Waals surface area contributed by atoms with Crippen molar-refractivity contribution in [2.24, 2.45) is 7.05 Å². The van der Waals surface area contributed by atoms with Gasteiger partial charge in [-0.05, 0) is 40.5 Å². The van der Waals surface area contributed by atoms with E-state index in [1.807, 2.05) is 34.7 Å². The van der Waals surface area contributed by atoms with Gasteiger partial charge in [0.1, 0.15) is 11.0 Å². The van der Waals surface area contributed by atoms with E-state index in [4.69, 9.17) is 0 Å². The Morgan fingerprint density at radius 1 is 1.37 bits per heavy atom. The third-order valence-electron chi connectivity index (χ3n) is 4.71. The normalized spacial score (nSPS) is 17.9. The molecular formula is C18H26N6O2S. The van der Waals surface area contributed by atoms with Crippen molar-refractivity contribution in [3.63, 3.8) is 0 Å². The molecule has 1 atom stereocenters. The van der Waals surface area contributed by atoms with Crippen LogP contribution in [0.25, 0.3) is 0 Å². The maximum Gasteiger partial charge on any atom is 0.316 e. The molecule has 0 spiro atoms. The molecule has 1 unspecified atom stereocenters. The van der Waals surface area contributed by atoms with E-state index in [0.717, 1.165) is 22.0 Å². The number of rotatable bonds is 4. The molecule has 2 aromatic heterocycles. The highest BCUT2D eigenvalue weighted by Gasteiger charge is 2.33. The van der Waals surface area contributed by atoms with Gasteiger partial charge < -0.3 is 10.6 Å². The summed E-state index contributed by atoms with van der Waals surface area (Å²) in [6.07, 6.45) is 3.22. The van der Waals surface area contributed by atoms with Gasteiger partial charge in [-0.2, -0.15) is 5.10 Å². The molecule has 2 aromatic rings. The van der Waals surface area contributed by atoms with Crippen LogP contribution in [0.4, 0.5) is 10.6 Å². The van der Waals surface area contributed by atoms with Crippen molar-refractivity contribution in [3.8, 4) is 0 Å². The van der Waals surface area contributed by atoms with Gasteiger partial charge in [-0.15, -0.1) is 11.3 Å². The number of anilines is 1. The van der Waals surface area contributed by atoms with Gasteiger partial charge in [0.2, 0.25) is 0 Å². The van der Waals surface area contributed by atoms with E-state index in [1.165, 1.54) is 0 Å². The number of thiazole rings is 1.